The van der Waals surface area contributed by atoms with Crippen molar-refractivity contribution in [1.82, 2.24) is 14.2 Å². The van der Waals surface area contributed by atoms with Gasteiger partial charge in [-0.15, -0.1) is 0 Å². The predicted octanol–water partition coefficient (Wildman–Crippen LogP) is 6.08. The lowest BCUT2D eigenvalue weighted by Crippen LogP contribution is -2.41. The topological polar surface area (TPSA) is 126 Å². The molecule has 0 bridgehead atoms. The number of hydrogen-bond acceptors (Lipinski definition) is 6. The van der Waals surface area contributed by atoms with Crippen molar-refractivity contribution >= 4 is 44.5 Å². The molecule has 1 saturated carbocycles. The van der Waals surface area contributed by atoms with Crippen molar-refractivity contribution in [2.45, 2.75) is 43.0 Å². The van der Waals surface area contributed by atoms with Gasteiger partial charge in [0.15, 0.2) is 0 Å². The average molecular weight is 639 g/mol. The summed E-state index contributed by atoms with van der Waals surface area (Å²) in [7, 11) is -4.45. The molecule has 1 aliphatic heterocycles. The van der Waals surface area contributed by atoms with Gasteiger partial charge < -0.3 is 15.5 Å². The van der Waals surface area contributed by atoms with E-state index in [1.807, 2.05) is 24.3 Å². The lowest BCUT2D eigenvalue weighted by molar-refractivity contribution is -0.128. The number of aromatic nitrogens is 1. The van der Waals surface area contributed by atoms with Gasteiger partial charge in [0.1, 0.15) is 23.4 Å². The Morgan fingerprint density at radius 1 is 1.00 bits per heavy atom. The molecule has 0 spiro atoms. The zero-order valence-electron chi connectivity index (χ0n) is 23.8. The molecular weight excluding hydrogens is 607 g/mol. The number of nitrogens with two attached hydrogens (primary N) is 1. The Kier molecular flexibility index (Phi) is 8.36. The summed E-state index contributed by atoms with van der Waals surface area (Å²) in [6.45, 7) is 0.688. The third kappa shape index (κ3) is 5.79. The van der Waals surface area contributed by atoms with Crippen LogP contribution in [0.1, 0.15) is 31.2 Å². The number of halogens is 2. The summed E-state index contributed by atoms with van der Waals surface area (Å²) in [5, 5.41) is 0.737. The molecule has 230 valence electrons. The minimum Gasteiger partial charge on any atom is -0.457 e. The molecule has 4 aromatic rings. The summed E-state index contributed by atoms with van der Waals surface area (Å²) in [5.41, 5.74) is 7.49. The lowest BCUT2D eigenvalue weighted by Gasteiger charge is -2.30. The summed E-state index contributed by atoms with van der Waals surface area (Å²) in [5.74, 6) is -0.218. The summed E-state index contributed by atoms with van der Waals surface area (Å²) in [6, 6.07) is 14.8. The van der Waals surface area contributed by atoms with Crippen LogP contribution < -0.4 is 10.5 Å². The molecule has 3 unspecified atom stereocenters. The third-order valence-electron chi connectivity index (χ3n) is 8.51. The van der Waals surface area contributed by atoms with Gasteiger partial charge in [0, 0.05) is 36.1 Å². The number of nitrogens with one attached hydrogen (secondary N) is 1. The van der Waals surface area contributed by atoms with E-state index in [2.05, 4.69) is 4.98 Å². The number of rotatable bonds is 9. The number of benzene rings is 3. The second kappa shape index (κ2) is 12.2. The van der Waals surface area contributed by atoms with Crippen LogP contribution in [0.2, 0.25) is 5.02 Å². The van der Waals surface area contributed by atoms with E-state index >= 15 is 0 Å². The highest BCUT2D eigenvalue weighted by Crippen LogP contribution is 2.35. The maximum atomic E-state index is 14.1. The van der Waals surface area contributed by atoms with Crippen LogP contribution in [-0.2, 0) is 21.2 Å². The van der Waals surface area contributed by atoms with Crippen LogP contribution in [0.25, 0.3) is 10.9 Å². The summed E-state index contributed by atoms with van der Waals surface area (Å²) < 4.78 is 48.1. The van der Waals surface area contributed by atoms with E-state index in [9.17, 15) is 22.4 Å². The van der Waals surface area contributed by atoms with Gasteiger partial charge in [-0.3, -0.25) is 9.69 Å². The quantitative estimate of drug-likeness (QED) is 0.214. The molecule has 3 aromatic carbocycles. The second-order valence-corrected chi connectivity index (χ2v) is 13.6. The van der Waals surface area contributed by atoms with Gasteiger partial charge in [-0.25, -0.2) is 21.9 Å². The fourth-order valence-electron chi connectivity index (χ4n) is 6.25. The van der Waals surface area contributed by atoms with E-state index in [1.54, 1.807) is 6.20 Å². The fraction of sp³-hybridized carbons (Fsp3) is 0.312. The van der Waals surface area contributed by atoms with Gasteiger partial charge in [-0.2, -0.15) is 0 Å². The van der Waals surface area contributed by atoms with Gasteiger partial charge >= 0.3 is 6.03 Å². The first-order valence-electron chi connectivity index (χ1n) is 14.5. The molecule has 1 aromatic heterocycles. The number of amides is 3. The van der Waals surface area contributed by atoms with Crippen LogP contribution in [0.4, 0.5) is 9.18 Å². The molecule has 12 heteroatoms. The number of fused-ring (bicyclic) bond motifs is 1. The van der Waals surface area contributed by atoms with Crippen molar-refractivity contribution in [3.63, 3.8) is 0 Å². The number of carbonyl (C=O) groups excluding carboxylic acids is 2. The molecule has 3 amide bonds. The van der Waals surface area contributed by atoms with E-state index in [4.69, 9.17) is 22.1 Å². The van der Waals surface area contributed by atoms with E-state index in [1.165, 1.54) is 36.4 Å². The van der Waals surface area contributed by atoms with Crippen molar-refractivity contribution < 1.29 is 27.1 Å². The Morgan fingerprint density at radius 3 is 2.48 bits per heavy atom. The number of nitrogens with zero attached hydrogens (tertiary/aromatic N) is 2. The highest BCUT2D eigenvalue weighted by atomic mass is 35.5. The van der Waals surface area contributed by atoms with Crippen molar-refractivity contribution in [3.8, 4) is 11.5 Å². The number of sulfonamides is 1. The molecule has 9 nitrogen and oxygen atoms in total. The number of urea groups is 1. The van der Waals surface area contributed by atoms with E-state index in [0.717, 1.165) is 57.4 Å². The Hall–Kier alpha value is -3.93. The number of para-hydroxylation sites is 1. The number of carbonyl (C=O) groups is 2. The largest absolute Gasteiger partial charge is 0.457 e. The number of hydrogen-bond donors (Lipinski definition) is 2. The maximum absolute atomic E-state index is 14.1. The fourth-order valence-corrected chi connectivity index (χ4v) is 7.94. The van der Waals surface area contributed by atoms with Crippen molar-refractivity contribution in [2.24, 2.45) is 17.6 Å². The normalized spacial score (nSPS) is 20.9. The Labute approximate surface area is 259 Å². The van der Waals surface area contributed by atoms with E-state index in [-0.39, 0.29) is 40.3 Å². The number of H-pyrrole nitrogens is 1. The highest BCUT2D eigenvalue weighted by Gasteiger charge is 2.52. The molecule has 1 saturated heterocycles. The highest BCUT2D eigenvalue weighted by molar-refractivity contribution is 7.89. The SMILES string of the molecule is NCC1CCCC(CN2C(=O)C(Cc3c[nH]c4ccccc34)N(S(=O)(=O)c3ccc(Oc4ccc(F)c(Cl)c4)cc3)C2=O)C1. The van der Waals surface area contributed by atoms with Gasteiger partial charge in [0.25, 0.3) is 15.9 Å². The minimum absolute atomic E-state index is 0.0208. The van der Waals surface area contributed by atoms with Crippen molar-refractivity contribution in [1.29, 1.82) is 0 Å². The van der Waals surface area contributed by atoms with Gasteiger partial charge in [-0.05, 0) is 85.7 Å². The van der Waals surface area contributed by atoms with Crippen LogP contribution in [0.15, 0.2) is 77.8 Å². The molecule has 3 N–H and O–H groups in total. The lowest BCUT2D eigenvalue weighted by atomic mass is 9.81. The molecule has 1 aliphatic carbocycles. The molecule has 44 heavy (non-hydrogen) atoms. The van der Waals surface area contributed by atoms with Gasteiger partial charge in [-0.1, -0.05) is 36.2 Å². The summed E-state index contributed by atoms with van der Waals surface area (Å²) in [6.07, 6.45) is 5.35. The average Bonchev–Trinajstić information content (AvgIpc) is 3.53. The Balaban J connectivity index is 1.30. The first-order chi connectivity index (χ1) is 21.2. The monoisotopic (exact) mass is 638 g/mol. The van der Waals surface area contributed by atoms with E-state index < -0.39 is 33.8 Å². The standard InChI is InChI=1S/C32H32ClFN4O5S/c33-27-16-24(10-13-28(27)34)43-23-8-11-25(12-9-23)44(41,42)38-30(15-22-18-36-29-7-2-1-6-26(22)29)31(39)37(32(38)40)19-21-5-3-4-20(14-21)17-35/h1-2,6-13,16,18,20-21,30,36H,3-5,14-15,17,19,35H2. The number of aromatic amines is 1. The summed E-state index contributed by atoms with van der Waals surface area (Å²) >= 11 is 5.84. The zero-order valence-corrected chi connectivity index (χ0v) is 25.4. The molecular formula is C32H32ClFN4O5S. The summed E-state index contributed by atoms with van der Waals surface area (Å²) in [4.78, 5) is 31.9. The van der Waals surface area contributed by atoms with Crippen LogP contribution in [0.3, 0.4) is 0 Å². The molecule has 2 aliphatic rings. The van der Waals surface area contributed by atoms with Gasteiger partial charge in [0.05, 0.1) is 9.92 Å². The van der Waals surface area contributed by atoms with Crippen molar-refractivity contribution in [2.75, 3.05) is 13.1 Å². The Morgan fingerprint density at radius 2 is 1.73 bits per heavy atom. The molecule has 2 fully saturated rings. The van der Waals surface area contributed by atoms with Crippen molar-refractivity contribution in [3.05, 3.63) is 89.3 Å². The first kappa shape index (κ1) is 30.1. The van der Waals surface area contributed by atoms with Crippen LogP contribution >= 0.6 is 11.6 Å². The zero-order chi connectivity index (χ0) is 31.0. The van der Waals surface area contributed by atoms with Crippen LogP contribution in [0.5, 0.6) is 11.5 Å². The number of imide groups is 1. The van der Waals surface area contributed by atoms with E-state index in [0.29, 0.717) is 12.5 Å². The molecule has 2 heterocycles. The first-order valence-corrected chi connectivity index (χ1v) is 16.4. The smallest absolute Gasteiger partial charge is 0.341 e. The molecule has 0 radical (unpaired) electrons. The number of ether oxygens (including phenoxy) is 1. The van der Waals surface area contributed by atoms with Crippen LogP contribution in [0, 0.1) is 17.7 Å². The minimum atomic E-state index is -4.45. The maximum Gasteiger partial charge on any atom is 0.341 e. The molecule has 6 rings (SSSR count). The molecule has 3 atom stereocenters. The third-order valence-corrected chi connectivity index (χ3v) is 10.6. The second-order valence-electron chi connectivity index (χ2n) is 11.4. The predicted molar refractivity (Wildman–Crippen MR) is 164 cm³/mol. The van der Waals surface area contributed by atoms with Crippen LogP contribution in [-0.4, -0.2) is 53.7 Å². The Bertz CT molecular complexity index is 1810. The van der Waals surface area contributed by atoms with Gasteiger partial charge in [0.2, 0.25) is 0 Å².